The fraction of sp³-hybridized carbons (Fsp3) is 0.588. The van der Waals surface area contributed by atoms with Gasteiger partial charge in [-0.1, -0.05) is 30.5 Å². The van der Waals surface area contributed by atoms with Gasteiger partial charge in [0.25, 0.3) is 0 Å². The minimum Gasteiger partial charge on any atom is -0.343 e. The van der Waals surface area contributed by atoms with E-state index in [2.05, 4.69) is 0 Å². The van der Waals surface area contributed by atoms with Gasteiger partial charge in [0.05, 0.1) is 11.9 Å². The van der Waals surface area contributed by atoms with Crippen LogP contribution >= 0.6 is 11.6 Å². The smallest absolute Gasteiger partial charge is 0.232 e. The number of halogens is 1. The van der Waals surface area contributed by atoms with Gasteiger partial charge >= 0.3 is 0 Å². The van der Waals surface area contributed by atoms with Crippen LogP contribution in [0.15, 0.2) is 24.3 Å². The van der Waals surface area contributed by atoms with Gasteiger partial charge in [0.1, 0.15) is 0 Å². The van der Waals surface area contributed by atoms with Crippen molar-refractivity contribution in [2.45, 2.75) is 38.5 Å². The van der Waals surface area contributed by atoms with Crippen LogP contribution in [0.2, 0.25) is 5.02 Å². The first-order valence-corrected chi connectivity index (χ1v) is 10.6. The summed E-state index contributed by atoms with van der Waals surface area (Å²) in [5.74, 6) is 0.122. The molecule has 1 fully saturated rings. The number of likely N-dealkylation sites (tertiary alicyclic amines) is 1. The molecule has 0 unspecified atom stereocenters. The van der Waals surface area contributed by atoms with Crippen LogP contribution in [0.3, 0.4) is 0 Å². The number of sulfonamides is 1. The summed E-state index contributed by atoms with van der Waals surface area (Å²) in [4.78, 5) is 14.2. The summed E-state index contributed by atoms with van der Waals surface area (Å²) in [6.07, 6.45) is 6.51. The van der Waals surface area contributed by atoms with Crippen LogP contribution in [-0.2, 0) is 14.8 Å². The number of benzene rings is 1. The summed E-state index contributed by atoms with van der Waals surface area (Å²) in [6, 6.07) is 6.76. The van der Waals surface area contributed by atoms with Crippen molar-refractivity contribution in [2.24, 2.45) is 0 Å². The Balaban J connectivity index is 1.95. The molecule has 5 nitrogen and oxygen atoms in total. The van der Waals surface area contributed by atoms with Crippen LogP contribution in [0.1, 0.15) is 38.5 Å². The van der Waals surface area contributed by atoms with Crippen molar-refractivity contribution in [3.8, 4) is 0 Å². The summed E-state index contributed by atoms with van der Waals surface area (Å²) in [6.45, 7) is 1.92. The highest BCUT2D eigenvalue weighted by atomic mass is 35.5. The molecule has 1 heterocycles. The van der Waals surface area contributed by atoms with Crippen molar-refractivity contribution in [3.05, 3.63) is 29.3 Å². The van der Waals surface area contributed by atoms with E-state index in [1.54, 1.807) is 24.3 Å². The average Bonchev–Trinajstić information content (AvgIpc) is 2.79. The normalized spacial score (nSPS) is 15.8. The summed E-state index contributed by atoms with van der Waals surface area (Å²) >= 11 is 5.96. The van der Waals surface area contributed by atoms with E-state index in [1.807, 2.05) is 4.90 Å². The lowest BCUT2D eigenvalue weighted by atomic mass is 10.2. The van der Waals surface area contributed by atoms with Crippen molar-refractivity contribution in [3.63, 3.8) is 0 Å². The average molecular weight is 373 g/mol. The van der Waals surface area contributed by atoms with Crippen LogP contribution in [0.4, 0.5) is 5.69 Å². The molecule has 0 bridgehead atoms. The van der Waals surface area contributed by atoms with Gasteiger partial charge in [0, 0.05) is 31.1 Å². The molecular formula is C17H25ClN2O3S. The number of carbonyl (C=O) groups excluding carboxylic acids is 1. The van der Waals surface area contributed by atoms with Gasteiger partial charge in [0.2, 0.25) is 15.9 Å². The molecule has 1 aliphatic rings. The Hall–Kier alpha value is -1.27. The zero-order valence-electron chi connectivity index (χ0n) is 14.1. The van der Waals surface area contributed by atoms with E-state index < -0.39 is 10.0 Å². The molecule has 0 atom stereocenters. The second-order valence-corrected chi connectivity index (χ2v) is 8.56. The van der Waals surface area contributed by atoms with E-state index in [0.29, 0.717) is 23.6 Å². The molecule has 0 aliphatic carbocycles. The van der Waals surface area contributed by atoms with E-state index in [-0.39, 0.29) is 12.5 Å². The fourth-order valence-corrected chi connectivity index (χ4v) is 4.11. The quantitative estimate of drug-likeness (QED) is 0.769. The molecule has 7 heteroatoms. The first-order valence-electron chi connectivity index (χ1n) is 8.39. The van der Waals surface area contributed by atoms with E-state index in [9.17, 15) is 13.2 Å². The largest absolute Gasteiger partial charge is 0.343 e. The number of hydrogen-bond acceptors (Lipinski definition) is 3. The van der Waals surface area contributed by atoms with Gasteiger partial charge in [0.15, 0.2) is 0 Å². The molecule has 1 aliphatic heterocycles. The fourth-order valence-electron chi connectivity index (χ4n) is 2.97. The monoisotopic (exact) mass is 372 g/mol. The van der Waals surface area contributed by atoms with Crippen molar-refractivity contribution < 1.29 is 13.2 Å². The first-order chi connectivity index (χ1) is 11.4. The Morgan fingerprint density at radius 1 is 1.21 bits per heavy atom. The standard InChI is InChI=1S/C17H25ClN2O3S/c1-24(22,23)20(16-9-6-8-15(18)14-16)13-7-10-17(21)19-11-4-2-3-5-12-19/h6,8-9,14H,2-5,7,10-13H2,1H3. The highest BCUT2D eigenvalue weighted by molar-refractivity contribution is 7.92. The summed E-state index contributed by atoms with van der Waals surface area (Å²) in [5.41, 5.74) is 0.534. The minimum atomic E-state index is -3.41. The maximum Gasteiger partial charge on any atom is 0.232 e. The van der Waals surface area contributed by atoms with Gasteiger partial charge in [-0.25, -0.2) is 8.42 Å². The van der Waals surface area contributed by atoms with Crippen LogP contribution in [0.5, 0.6) is 0 Å². The molecule has 0 aromatic heterocycles. The summed E-state index contributed by atoms with van der Waals surface area (Å²) in [7, 11) is -3.41. The number of amides is 1. The van der Waals surface area contributed by atoms with Gasteiger partial charge < -0.3 is 4.90 Å². The Morgan fingerprint density at radius 3 is 2.46 bits per heavy atom. The van der Waals surface area contributed by atoms with Crippen molar-refractivity contribution >= 4 is 33.2 Å². The molecule has 2 rings (SSSR count). The molecule has 1 saturated heterocycles. The van der Waals surface area contributed by atoms with Gasteiger partial charge in [-0.15, -0.1) is 0 Å². The van der Waals surface area contributed by atoms with Crippen LogP contribution in [0.25, 0.3) is 0 Å². The second kappa shape index (κ2) is 8.72. The van der Waals surface area contributed by atoms with Crippen LogP contribution < -0.4 is 4.31 Å². The number of carbonyl (C=O) groups is 1. The third-order valence-corrected chi connectivity index (χ3v) is 5.64. The van der Waals surface area contributed by atoms with E-state index >= 15 is 0 Å². The Labute approximate surface area is 149 Å². The maximum absolute atomic E-state index is 12.3. The number of hydrogen-bond donors (Lipinski definition) is 0. The van der Waals surface area contributed by atoms with Gasteiger partial charge in [-0.05, 0) is 37.5 Å². The third kappa shape index (κ3) is 5.67. The maximum atomic E-state index is 12.3. The first kappa shape index (κ1) is 19.1. The Kier molecular flexibility index (Phi) is 6.92. The SMILES string of the molecule is CS(=O)(=O)N(CCCC(=O)N1CCCCCC1)c1cccc(Cl)c1. The number of anilines is 1. The minimum absolute atomic E-state index is 0.122. The van der Waals surface area contributed by atoms with Gasteiger partial charge in [-0.3, -0.25) is 9.10 Å². The highest BCUT2D eigenvalue weighted by Crippen LogP contribution is 2.22. The number of nitrogens with zero attached hydrogens (tertiary/aromatic N) is 2. The third-order valence-electron chi connectivity index (χ3n) is 4.21. The van der Waals surface area contributed by atoms with Gasteiger partial charge in [-0.2, -0.15) is 0 Å². The Bertz CT molecular complexity index is 656. The zero-order chi connectivity index (χ0) is 17.6. The van der Waals surface area contributed by atoms with E-state index in [4.69, 9.17) is 11.6 Å². The second-order valence-electron chi connectivity index (χ2n) is 6.21. The lowest BCUT2D eigenvalue weighted by Crippen LogP contribution is -2.34. The Morgan fingerprint density at radius 2 is 1.88 bits per heavy atom. The predicted molar refractivity (Wildman–Crippen MR) is 97.9 cm³/mol. The highest BCUT2D eigenvalue weighted by Gasteiger charge is 2.19. The molecule has 1 amide bonds. The van der Waals surface area contributed by atoms with Crippen molar-refractivity contribution in [2.75, 3.05) is 30.2 Å². The predicted octanol–water partition coefficient (Wildman–Crippen LogP) is 3.29. The van der Waals surface area contributed by atoms with Crippen molar-refractivity contribution in [1.29, 1.82) is 0 Å². The lowest BCUT2D eigenvalue weighted by Gasteiger charge is -2.24. The topological polar surface area (TPSA) is 57.7 Å². The molecule has 0 radical (unpaired) electrons. The molecule has 0 saturated carbocycles. The summed E-state index contributed by atoms with van der Waals surface area (Å²) in [5, 5.41) is 0.488. The molecule has 0 N–H and O–H groups in total. The zero-order valence-corrected chi connectivity index (χ0v) is 15.7. The van der Waals surface area contributed by atoms with E-state index in [0.717, 1.165) is 25.9 Å². The lowest BCUT2D eigenvalue weighted by molar-refractivity contribution is -0.131. The molecule has 24 heavy (non-hydrogen) atoms. The molecule has 1 aromatic rings. The van der Waals surface area contributed by atoms with Crippen LogP contribution in [0, 0.1) is 0 Å². The molecule has 0 spiro atoms. The van der Waals surface area contributed by atoms with E-state index in [1.165, 1.54) is 23.4 Å². The van der Waals surface area contributed by atoms with Crippen LogP contribution in [-0.4, -0.2) is 45.1 Å². The molecule has 1 aromatic carbocycles. The molecular weight excluding hydrogens is 348 g/mol. The summed E-state index contributed by atoms with van der Waals surface area (Å²) < 4.78 is 25.4. The number of rotatable bonds is 6. The van der Waals surface area contributed by atoms with Crippen molar-refractivity contribution in [1.82, 2.24) is 4.90 Å². The molecule has 134 valence electrons.